The molecule has 16 heavy (non-hydrogen) atoms. The maximum Gasteiger partial charge on any atom is 0.221 e. The van der Waals surface area contributed by atoms with Crippen LogP contribution in [-0.2, 0) is 4.79 Å². The van der Waals surface area contributed by atoms with E-state index >= 15 is 0 Å². The molecule has 0 bridgehead atoms. The molecule has 0 spiro atoms. The highest BCUT2D eigenvalue weighted by atomic mass is 16.1. The third-order valence-corrected chi connectivity index (χ3v) is 3.46. The smallest absolute Gasteiger partial charge is 0.221 e. The second kappa shape index (κ2) is 7.66. The third kappa shape index (κ3) is 5.50. The summed E-state index contributed by atoms with van der Waals surface area (Å²) in [6.45, 7) is 6.04. The lowest BCUT2D eigenvalue weighted by Crippen LogP contribution is -2.34. The van der Waals surface area contributed by atoms with Crippen LogP contribution in [0.4, 0.5) is 0 Å². The zero-order valence-corrected chi connectivity index (χ0v) is 10.7. The summed E-state index contributed by atoms with van der Waals surface area (Å²) >= 11 is 0. The molecule has 1 aliphatic carbocycles. The molecule has 3 nitrogen and oxygen atoms in total. The van der Waals surface area contributed by atoms with Crippen LogP contribution in [0.2, 0.25) is 0 Å². The lowest BCUT2D eigenvalue weighted by molar-refractivity contribution is -0.121. The van der Waals surface area contributed by atoms with Gasteiger partial charge in [0.15, 0.2) is 0 Å². The van der Waals surface area contributed by atoms with Crippen LogP contribution in [-0.4, -0.2) is 25.0 Å². The predicted molar refractivity (Wildman–Crippen MR) is 67.3 cm³/mol. The van der Waals surface area contributed by atoms with E-state index in [-0.39, 0.29) is 5.91 Å². The summed E-state index contributed by atoms with van der Waals surface area (Å²) in [4.78, 5) is 11.5. The highest BCUT2D eigenvalue weighted by Gasteiger charge is 2.14. The highest BCUT2D eigenvalue weighted by Crippen LogP contribution is 2.23. The standard InChI is InChI=1S/C13H26N2O/c1-3-11(2)15-13(16)8-9-14-10-12-6-4-5-7-12/h11-12,14H,3-10H2,1-2H3,(H,15,16). The Morgan fingerprint density at radius 2 is 2.06 bits per heavy atom. The van der Waals surface area contributed by atoms with E-state index in [0.29, 0.717) is 12.5 Å². The zero-order valence-electron chi connectivity index (χ0n) is 10.7. The lowest BCUT2D eigenvalue weighted by Gasteiger charge is -2.13. The number of rotatable bonds is 7. The Labute approximate surface area is 99.4 Å². The maximum atomic E-state index is 11.5. The van der Waals surface area contributed by atoms with E-state index in [1.165, 1.54) is 25.7 Å². The summed E-state index contributed by atoms with van der Waals surface area (Å²) in [6, 6.07) is 0.308. The first-order valence-electron chi connectivity index (χ1n) is 6.72. The Balaban J connectivity index is 1.95. The average Bonchev–Trinajstić information content (AvgIpc) is 2.77. The van der Waals surface area contributed by atoms with Crippen molar-refractivity contribution in [2.75, 3.05) is 13.1 Å². The monoisotopic (exact) mass is 226 g/mol. The fraction of sp³-hybridized carbons (Fsp3) is 0.923. The quantitative estimate of drug-likeness (QED) is 0.653. The normalized spacial score (nSPS) is 18.6. The first-order chi connectivity index (χ1) is 7.72. The molecule has 0 radical (unpaired) electrons. The van der Waals surface area contributed by atoms with E-state index < -0.39 is 0 Å². The minimum Gasteiger partial charge on any atom is -0.354 e. The molecule has 2 N–H and O–H groups in total. The van der Waals surface area contributed by atoms with Crippen LogP contribution in [0, 0.1) is 5.92 Å². The van der Waals surface area contributed by atoms with Crippen molar-refractivity contribution >= 4 is 5.91 Å². The SMILES string of the molecule is CCC(C)NC(=O)CCNCC1CCCC1. The lowest BCUT2D eigenvalue weighted by atomic mass is 10.1. The number of hydrogen-bond acceptors (Lipinski definition) is 2. The summed E-state index contributed by atoms with van der Waals surface area (Å²) in [6.07, 6.45) is 7.12. The molecular weight excluding hydrogens is 200 g/mol. The molecule has 0 aromatic rings. The van der Waals surface area contributed by atoms with E-state index in [1.54, 1.807) is 0 Å². The summed E-state index contributed by atoms with van der Waals surface area (Å²) < 4.78 is 0. The molecule has 0 aromatic carbocycles. The maximum absolute atomic E-state index is 11.5. The molecule has 0 aromatic heterocycles. The van der Waals surface area contributed by atoms with E-state index in [9.17, 15) is 4.79 Å². The van der Waals surface area contributed by atoms with E-state index in [0.717, 1.165) is 25.4 Å². The molecule has 1 rings (SSSR count). The Morgan fingerprint density at radius 1 is 1.38 bits per heavy atom. The van der Waals surface area contributed by atoms with Gasteiger partial charge in [-0.15, -0.1) is 0 Å². The first-order valence-corrected chi connectivity index (χ1v) is 6.72. The Bertz CT molecular complexity index is 200. The summed E-state index contributed by atoms with van der Waals surface area (Å²) in [7, 11) is 0. The van der Waals surface area contributed by atoms with Crippen molar-refractivity contribution in [1.82, 2.24) is 10.6 Å². The van der Waals surface area contributed by atoms with Gasteiger partial charge in [0.2, 0.25) is 5.91 Å². The van der Waals surface area contributed by atoms with Crippen molar-refractivity contribution in [3.05, 3.63) is 0 Å². The van der Waals surface area contributed by atoms with Crippen LogP contribution in [0.15, 0.2) is 0 Å². The van der Waals surface area contributed by atoms with Crippen molar-refractivity contribution in [3.8, 4) is 0 Å². The molecule has 0 saturated heterocycles. The third-order valence-electron chi connectivity index (χ3n) is 3.46. The van der Waals surface area contributed by atoms with Crippen molar-refractivity contribution in [2.45, 2.75) is 58.4 Å². The van der Waals surface area contributed by atoms with E-state index in [4.69, 9.17) is 0 Å². The molecule has 1 saturated carbocycles. The molecule has 1 aliphatic rings. The van der Waals surface area contributed by atoms with Crippen LogP contribution in [0.25, 0.3) is 0 Å². The average molecular weight is 226 g/mol. The van der Waals surface area contributed by atoms with Crippen LogP contribution in [0.5, 0.6) is 0 Å². The number of carbonyl (C=O) groups is 1. The van der Waals surface area contributed by atoms with Gasteiger partial charge in [0.1, 0.15) is 0 Å². The number of hydrogen-bond donors (Lipinski definition) is 2. The van der Waals surface area contributed by atoms with Gasteiger partial charge in [0, 0.05) is 19.0 Å². The summed E-state index contributed by atoms with van der Waals surface area (Å²) in [5.41, 5.74) is 0. The van der Waals surface area contributed by atoms with Crippen LogP contribution >= 0.6 is 0 Å². The van der Waals surface area contributed by atoms with Gasteiger partial charge in [-0.2, -0.15) is 0 Å². The summed E-state index contributed by atoms with van der Waals surface area (Å²) in [5, 5.41) is 6.37. The van der Waals surface area contributed by atoms with Gasteiger partial charge >= 0.3 is 0 Å². The minimum absolute atomic E-state index is 0.174. The van der Waals surface area contributed by atoms with Crippen LogP contribution < -0.4 is 10.6 Å². The zero-order chi connectivity index (χ0) is 11.8. The van der Waals surface area contributed by atoms with Gasteiger partial charge in [-0.3, -0.25) is 4.79 Å². The van der Waals surface area contributed by atoms with Gasteiger partial charge in [0.05, 0.1) is 0 Å². The molecule has 1 amide bonds. The Kier molecular flexibility index (Phi) is 6.46. The molecule has 3 heteroatoms. The fourth-order valence-corrected chi connectivity index (χ4v) is 2.17. The van der Waals surface area contributed by atoms with Crippen molar-refractivity contribution < 1.29 is 4.79 Å². The second-order valence-electron chi connectivity index (χ2n) is 4.98. The van der Waals surface area contributed by atoms with E-state index in [1.807, 2.05) is 6.92 Å². The topological polar surface area (TPSA) is 41.1 Å². The predicted octanol–water partition coefficient (Wildman–Crippen LogP) is 2.07. The van der Waals surface area contributed by atoms with Crippen molar-refractivity contribution in [1.29, 1.82) is 0 Å². The fourth-order valence-electron chi connectivity index (χ4n) is 2.17. The summed E-state index contributed by atoms with van der Waals surface area (Å²) in [5.74, 6) is 1.03. The van der Waals surface area contributed by atoms with Crippen molar-refractivity contribution in [3.63, 3.8) is 0 Å². The molecule has 0 heterocycles. The Hall–Kier alpha value is -0.570. The molecule has 0 aliphatic heterocycles. The number of nitrogens with one attached hydrogen (secondary N) is 2. The molecular formula is C13H26N2O. The second-order valence-corrected chi connectivity index (χ2v) is 4.98. The molecule has 94 valence electrons. The van der Waals surface area contributed by atoms with Gasteiger partial charge in [0.25, 0.3) is 0 Å². The van der Waals surface area contributed by atoms with Gasteiger partial charge in [-0.05, 0) is 38.6 Å². The van der Waals surface area contributed by atoms with E-state index in [2.05, 4.69) is 17.6 Å². The molecule has 1 atom stereocenters. The van der Waals surface area contributed by atoms with Crippen LogP contribution in [0.3, 0.4) is 0 Å². The largest absolute Gasteiger partial charge is 0.354 e. The molecule has 1 fully saturated rings. The van der Waals surface area contributed by atoms with Crippen molar-refractivity contribution in [2.24, 2.45) is 5.92 Å². The number of carbonyl (C=O) groups excluding carboxylic acids is 1. The number of amides is 1. The van der Waals surface area contributed by atoms with Gasteiger partial charge in [-0.1, -0.05) is 19.8 Å². The van der Waals surface area contributed by atoms with Gasteiger partial charge < -0.3 is 10.6 Å². The van der Waals surface area contributed by atoms with Gasteiger partial charge in [-0.25, -0.2) is 0 Å². The van der Waals surface area contributed by atoms with Crippen LogP contribution in [0.1, 0.15) is 52.4 Å². The molecule has 1 unspecified atom stereocenters. The first kappa shape index (κ1) is 13.5. The highest BCUT2D eigenvalue weighted by molar-refractivity contribution is 5.76. The Morgan fingerprint density at radius 3 is 2.69 bits per heavy atom. The minimum atomic E-state index is 0.174.